The molecule has 2 rings (SSSR count). The van der Waals surface area contributed by atoms with E-state index in [1.165, 1.54) is 6.20 Å². The zero-order chi connectivity index (χ0) is 11.5. The Morgan fingerprint density at radius 1 is 1.81 bits per heavy atom. The van der Waals surface area contributed by atoms with Crippen molar-refractivity contribution in [2.24, 2.45) is 0 Å². The number of aryl methyl sites for hydroxylation is 1. The van der Waals surface area contributed by atoms with Gasteiger partial charge in [0.1, 0.15) is 5.69 Å². The number of carbonyl (C=O) groups excluding carboxylic acids is 1. The Morgan fingerprint density at radius 2 is 2.62 bits per heavy atom. The summed E-state index contributed by atoms with van der Waals surface area (Å²) in [5.41, 5.74) is 0.532. The third kappa shape index (κ3) is 2.26. The monoisotopic (exact) mass is 259 g/mol. The largest absolute Gasteiger partial charge is 0.306 e. The molecule has 0 saturated carbocycles. The molecule has 1 aromatic heterocycles. The van der Waals surface area contributed by atoms with Crippen LogP contribution in [0.3, 0.4) is 0 Å². The van der Waals surface area contributed by atoms with Gasteiger partial charge in [-0.15, -0.1) is 0 Å². The summed E-state index contributed by atoms with van der Waals surface area (Å²) < 4.78 is 1.66. The molecule has 1 saturated heterocycles. The van der Waals surface area contributed by atoms with Crippen LogP contribution in [0, 0.1) is 0 Å². The highest BCUT2D eigenvalue weighted by Gasteiger charge is 2.26. The first-order valence-corrected chi connectivity index (χ1v) is 6.84. The number of halogens is 1. The van der Waals surface area contributed by atoms with E-state index in [-0.39, 0.29) is 11.8 Å². The number of carbonyl (C=O) groups is 1. The van der Waals surface area contributed by atoms with Crippen LogP contribution in [0.2, 0.25) is 5.02 Å². The van der Waals surface area contributed by atoms with Crippen LogP contribution >= 0.6 is 23.4 Å². The lowest BCUT2D eigenvalue weighted by Crippen LogP contribution is -2.44. The summed E-state index contributed by atoms with van der Waals surface area (Å²) in [5, 5.41) is 7.74. The quantitative estimate of drug-likeness (QED) is 0.835. The third-order valence-electron chi connectivity index (χ3n) is 2.57. The molecule has 1 fully saturated rings. The van der Waals surface area contributed by atoms with Gasteiger partial charge < -0.3 is 5.32 Å². The van der Waals surface area contributed by atoms with Crippen molar-refractivity contribution in [3.63, 3.8) is 0 Å². The molecule has 6 heteroatoms. The van der Waals surface area contributed by atoms with Crippen molar-refractivity contribution in [3.05, 3.63) is 16.9 Å². The van der Waals surface area contributed by atoms with E-state index in [4.69, 9.17) is 11.6 Å². The van der Waals surface area contributed by atoms with Crippen LogP contribution in [0.1, 0.15) is 17.4 Å². The molecule has 4 nitrogen and oxygen atoms in total. The van der Waals surface area contributed by atoms with Gasteiger partial charge in [0.2, 0.25) is 0 Å². The lowest BCUT2D eigenvalue weighted by molar-refractivity contribution is 0.0942. The van der Waals surface area contributed by atoms with Gasteiger partial charge in [0.25, 0.3) is 0 Å². The van der Waals surface area contributed by atoms with Gasteiger partial charge in [0.05, 0.1) is 17.3 Å². The van der Waals surface area contributed by atoms with Gasteiger partial charge in [-0.05, 0) is 6.92 Å². The number of hydrogen-bond donors (Lipinski definition) is 1. The van der Waals surface area contributed by atoms with Crippen LogP contribution in [-0.2, 0) is 6.54 Å². The summed E-state index contributed by atoms with van der Waals surface area (Å²) in [6, 6.07) is -0.127. The fourth-order valence-corrected chi connectivity index (χ4v) is 2.91. The van der Waals surface area contributed by atoms with E-state index in [1.807, 2.05) is 6.92 Å². The van der Waals surface area contributed by atoms with E-state index in [2.05, 4.69) is 10.4 Å². The molecule has 0 spiro atoms. The number of nitrogens with zero attached hydrogens (tertiary/aromatic N) is 2. The van der Waals surface area contributed by atoms with E-state index in [9.17, 15) is 4.79 Å². The topological polar surface area (TPSA) is 46.9 Å². The van der Waals surface area contributed by atoms with Crippen LogP contribution in [0.25, 0.3) is 0 Å². The lowest BCUT2D eigenvalue weighted by Gasteiger charge is -2.22. The Bertz CT molecular complexity index is 387. The number of Topliss-reactive ketones (excluding diaryl/α,β-unsaturated/α-hetero) is 1. The highest BCUT2D eigenvalue weighted by atomic mass is 35.5. The fourth-order valence-electron chi connectivity index (χ4n) is 1.75. The second-order valence-electron chi connectivity index (χ2n) is 3.60. The van der Waals surface area contributed by atoms with Gasteiger partial charge in [-0.1, -0.05) is 11.6 Å². The predicted molar refractivity (Wildman–Crippen MR) is 66.4 cm³/mol. The Kier molecular flexibility index (Phi) is 3.89. The van der Waals surface area contributed by atoms with Crippen molar-refractivity contribution >= 4 is 29.1 Å². The Morgan fingerprint density at radius 3 is 3.25 bits per heavy atom. The van der Waals surface area contributed by atoms with E-state index in [1.54, 1.807) is 16.4 Å². The normalized spacial score (nSPS) is 21.0. The Balaban J connectivity index is 2.21. The molecule has 1 aromatic rings. The second kappa shape index (κ2) is 5.21. The molecule has 1 aliphatic heterocycles. The molecule has 1 N–H and O–H groups in total. The van der Waals surface area contributed by atoms with Crippen molar-refractivity contribution in [1.29, 1.82) is 0 Å². The first-order valence-electron chi connectivity index (χ1n) is 5.30. The van der Waals surface area contributed by atoms with E-state index >= 15 is 0 Å². The van der Waals surface area contributed by atoms with Crippen LogP contribution in [-0.4, -0.2) is 39.7 Å². The molecule has 1 atom stereocenters. The maximum Gasteiger partial charge on any atom is 0.200 e. The number of thioether (sulfide) groups is 1. The first-order chi connectivity index (χ1) is 7.74. The van der Waals surface area contributed by atoms with Crippen molar-refractivity contribution < 1.29 is 4.79 Å². The molecule has 0 aliphatic carbocycles. The Hall–Kier alpha value is -0.520. The highest BCUT2D eigenvalue weighted by molar-refractivity contribution is 7.99. The molecule has 2 heterocycles. The average Bonchev–Trinajstić information content (AvgIpc) is 2.70. The van der Waals surface area contributed by atoms with Crippen molar-refractivity contribution in [1.82, 2.24) is 15.1 Å². The minimum atomic E-state index is -0.127. The SMILES string of the molecule is CCn1ncc(Cl)c1C(=O)C1CSCCN1. The number of rotatable bonds is 3. The summed E-state index contributed by atoms with van der Waals surface area (Å²) in [4.78, 5) is 12.2. The van der Waals surface area contributed by atoms with Crippen molar-refractivity contribution in [2.45, 2.75) is 19.5 Å². The van der Waals surface area contributed by atoms with E-state index in [0.717, 1.165) is 18.1 Å². The van der Waals surface area contributed by atoms with E-state index in [0.29, 0.717) is 17.3 Å². The Labute approximate surface area is 104 Å². The van der Waals surface area contributed by atoms with Crippen molar-refractivity contribution in [2.75, 3.05) is 18.1 Å². The van der Waals surface area contributed by atoms with Gasteiger partial charge >= 0.3 is 0 Å². The van der Waals surface area contributed by atoms with Crippen LogP contribution in [0.15, 0.2) is 6.20 Å². The first kappa shape index (κ1) is 12.0. The molecule has 1 unspecified atom stereocenters. The zero-order valence-corrected chi connectivity index (χ0v) is 10.6. The van der Waals surface area contributed by atoms with Gasteiger partial charge in [-0.2, -0.15) is 16.9 Å². The van der Waals surface area contributed by atoms with Crippen molar-refractivity contribution in [3.8, 4) is 0 Å². The minimum absolute atomic E-state index is 0.0524. The molecular formula is C10H14ClN3OS. The number of ketones is 1. The summed E-state index contributed by atoms with van der Waals surface area (Å²) in [6.45, 7) is 3.48. The predicted octanol–water partition coefficient (Wildman–Crippen LogP) is 1.44. The summed E-state index contributed by atoms with van der Waals surface area (Å²) in [5.74, 6) is 1.92. The standard InChI is InChI=1S/C10H14ClN3OS/c1-2-14-9(7(11)5-13-14)10(15)8-6-16-4-3-12-8/h5,8,12H,2-4,6H2,1H3. The smallest absolute Gasteiger partial charge is 0.200 e. The highest BCUT2D eigenvalue weighted by Crippen LogP contribution is 2.19. The van der Waals surface area contributed by atoms with Crippen LogP contribution in [0.5, 0.6) is 0 Å². The molecule has 88 valence electrons. The zero-order valence-electron chi connectivity index (χ0n) is 9.07. The summed E-state index contributed by atoms with van der Waals surface area (Å²) >= 11 is 7.79. The summed E-state index contributed by atoms with van der Waals surface area (Å²) in [6.07, 6.45) is 1.54. The van der Waals surface area contributed by atoms with Gasteiger partial charge in [-0.25, -0.2) is 0 Å². The van der Waals surface area contributed by atoms with E-state index < -0.39 is 0 Å². The molecule has 16 heavy (non-hydrogen) atoms. The number of aromatic nitrogens is 2. The minimum Gasteiger partial charge on any atom is -0.306 e. The van der Waals surface area contributed by atoms with Gasteiger partial charge in [0, 0.05) is 24.6 Å². The molecule has 0 amide bonds. The summed E-state index contributed by atoms with van der Waals surface area (Å²) in [7, 11) is 0. The molecular weight excluding hydrogens is 246 g/mol. The fraction of sp³-hybridized carbons (Fsp3) is 0.600. The molecule has 0 aromatic carbocycles. The molecule has 0 bridgehead atoms. The second-order valence-corrected chi connectivity index (χ2v) is 5.16. The third-order valence-corrected chi connectivity index (χ3v) is 3.90. The van der Waals surface area contributed by atoms with Crippen LogP contribution < -0.4 is 5.32 Å². The maximum absolute atomic E-state index is 12.2. The average molecular weight is 260 g/mol. The van der Waals surface area contributed by atoms with Crippen LogP contribution in [0.4, 0.5) is 0 Å². The lowest BCUT2D eigenvalue weighted by atomic mass is 10.1. The maximum atomic E-state index is 12.2. The van der Waals surface area contributed by atoms with Gasteiger partial charge in [0.15, 0.2) is 5.78 Å². The number of nitrogens with one attached hydrogen (secondary N) is 1. The molecule has 1 aliphatic rings. The van der Waals surface area contributed by atoms with Gasteiger partial charge in [-0.3, -0.25) is 9.48 Å². The number of hydrogen-bond acceptors (Lipinski definition) is 4. The molecule has 0 radical (unpaired) electrons.